The minimum atomic E-state index is 1.04. The van der Waals surface area contributed by atoms with E-state index in [-0.39, 0.29) is 0 Å². The van der Waals surface area contributed by atoms with E-state index in [4.69, 9.17) is 0 Å². The van der Waals surface area contributed by atoms with Crippen molar-refractivity contribution in [1.82, 2.24) is 9.13 Å². The van der Waals surface area contributed by atoms with E-state index in [0.29, 0.717) is 0 Å². The van der Waals surface area contributed by atoms with Crippen LogP contribution in [0.25, 0.3) is 88.4 Å². The zero-order chi connectivity index (χ0) is 50.4. The molecule has 2 aromatic heterocycles. The Morgan fingerprint density at radius 1 is 0.184 bits per heavy atom. The number of anilines is 6. The summed E-state index contributed by atoms with van der Waals surface area (Å²) in [5, 5.41) is 4.87. The summed E-state index contributed by atoms with van der Waals surface area (Å²) in [4.78, 5) is 4.75. The summed E-state index contributed by atoms with van der Waals surface area (Å²) in [5.41, 5.74) is 20.1. The molecule has 4 nitrogen and oxygen atoms in total. The summed E-state index contributed by atoms with van der Waals surface area (Å²) < 4.78 is 4.78. The van der Waals surface area contributed by atoms with Gasteiger partial charge in [-0.05, 0) is 179 Å². The molecule has 0 radical (unpaired) electrons. The molecule has 0 aliphatic heterocycles. The number of aromatic nitrogens is 2. The Kier molecular flexibility index (Phi) is 11.2. The second kappa shape index (κ2) is 19.0. The summed E-state index contributed by atoms with van der Waals surface area (Å²) in [7, 11) is 0. The van der Waals surface area contributed by atoms with Crippen LogP contribution in [-0.2, 0) is 0 Å². The molecule has 0 saturated carbocycles. The lowest BCUT2D eigenvalue weighted by molar-refractivity contribution is 1.18. The molecule has 0 atom stereocenters. The van der Waals surface area contributed by atoms with Gasteiger partial charge in [-0.3, -0.25) is 0 Å². The Balaban J connectivity index is 1.03. The van der Waals surface area contributed by atoms with E-state index in [0.717, 1.165) is 78.9 Å². The fourth-order valence-electron chi connectivity index (χ4n) is 11.4. The number of benzene rings is 12. The highest BCUT2D eigenvalue weighted by molar-refractivity contribution is 6.12. The second-order valence-electron chi connectivity index (χ2n) is 19.4. The molecule has 14 rings (SSSR count). The molecule has 0 aliphatic carbocycles. The SMILES string of the molecule is c1ccc(N(c2ccccc2)c2cc(-c3cc(-c4ccc5c(c4)c4ccccc4n5-c4ccccc4)cc(-c4ccc5c(c4)c4ccccc4n5-c4ccccc4)c3)cc(N(c3ccccc3)c3ccccc3)c2)cc1. The molecular formula is C72H50N4. The van der Waals surface area contributed by atoms with Gasteiger partial charge in [0.2, 0.25) is 0 Å². The van der Waals surface area contributed by atoms with Crippen molar-refractivity contribution in [3.8, 4) is 44.8 Å². The lowest BCUT2D eigenvalue weighted by atomic mass is 9.91. The van der Waals surface area contributed by atoms with Gasteiger partial charge < -0.3 is 18.9 Å². The number of nitrogens with zero attached hydrogens (tertiary/aromatic N) is 4. The normalized spacial score (nSPS) is 11.4. The third kappa shape index (κ3) is 7.97. The summed E-state index contributed by atoms with van der Waals surface area (Å²) in [5.74, 6) is 0. The molecule has 358 valence electrons. The van der Waals surface area contributed by atoms with E-state index in [2.05, 4.69) is 322 Å². The van der Waals surface area contributed by atoms with Gasteiger partial charge in [-0.2, -0.15) is 0 Å². The van der Waals surface area contributed by atoms with E-state index in [1.165, 1.54) is 43.6 Å². The van der Waals surface area contributed by atoms with Crippen LogP contribution >= 0.6 is 0 Å². The van der Waals surface area contributed by atoms with Gasteiger partial charge in [0.05, 0.1) is 22.1 Å². The third-order valence-electron chi connectivity index (χ3n) is 14.8. The van der Waals surface area contributed by atoms with Gasteiger partial charge in [0.1, 0.15) is 0 Å². The molecular weight excluding hydrogens is 921 g/mol. The number of hydrogen-bond donors (Lipinski definition) is 0. The van der Waals surface area contributed by atoms with Crippen molar-refractivity contribution in [2.75, 3.05) is 9.80 Å². The van der Waals surface area contributed by atoms with E-state index < -0.39 is 0 Å². The van der Waals surface area contributed by atoms with Gasteiger partial charge in [-0.1, -0.05) is 158 Å². The van der Waals surface area contributed by atoms with Crippen LogP contribution in [0.2, 0.25) is 0 Å². The first kappa shape index (κ1) is 44.5. The Hall–Kier alpha value is -10.2. The number of para-hydroxylation sites is 8. The second-order valence-corrected chi connectivity index (χ2v) is 19.4. The van der Waals surface area contributed by atoms with Crippen LogP contribution in [0.1, 0.15) is 0 Å². The summed E-state index contributed by atoms with van der Waals surface area (Å²) in [6.45, 7) is 0. The predicted octanol–water partition coefficient (Wildman–Crippen LogP) is 19.8. The van der Waals surface area contributed by atoms with E-state index in [1.54, 1.807) is 0 Å². The van der Waals surface area contributed by atoms with Crippen LogP contribution in [0.15, 0.2) is 303 Å². The molecule has 0 bridgehead atoms. The summed E-state index contributed by atoms with van der Waals surface area (Å²) in [6, 6.07) is 110. The van der Waals surface area contributed by atoms with Crippen molar-refractivity contribution in [2.45, 2.75) is 0 Å². The average molecular weight is 971 g/mol. The quantitative estimate of drug-likeness (QED) is 0.128. The van der Waals surface area contributed by atoms with Gasteiger partial charge in [0.25, 0.3) is 0 Å². The van der Waals surface area contributed by atoms with Crippen molar-refractivity contribution in [3.05, 3.63) is 303 Å². The maximum Gasteiger partial charge on any atom is 0.0541 e. The fraction of sp³-hybridized carbons (Fsp3) is 0. The van der Waals surface area contributed by atoms with Crippen molar-refractivity contribution >= 4 is 77.7 Å². The molecule has 0 aliphatic rings. The molecule has 0 fully saturated rings. The van der Waals surface area contributed by atoms with Crippen molar-refractivity contribution in [2.24, 2.45) is 0 Å². The molecule has 0 N–H and O–H groups in total. The topological polar surface area (TPSA) is 16.3 Å². The molecule has 14 aromatic rings. The van der Waals surface area contributed by atoms with Crippen LogP contribution in [0.3, 0.4) is 0 Å². The lowest BCUT2D eigenvalue weighted by Crippen LogP contribution is -2.13. The molecule has 0 spiro atoms. The van der Waals surface area contributed by atoms with Gasteiger partial charge in [0, 0.05) is 67.0 Å². The highest BCUT2D eigenvalue weighted by Gasteiger charge is 2.22. The standard InChI is InChI=1S/C72H50N4/c1-7-23-57(24-8-1)73(58-25-9-2-10-26-58)63-46-56(47-64(50-63)74(59-27-11-3-12-28-59)60-29-13-4-14-30-60)55-44-53(51-39-41-71-67(48-51)65-35-19-21-37-69(65)75(71)61-31-15-5-16-32-61)43-54(45-55)52-40-42-72-68(49-52)66-36-20-22-38-70(66)76(72)62-33-17-6-18-34-62/h1-50H. The maximum atomic E-state index is 2.40. The summed E-state index contributed by atoms with van der Waals surface area (Å²) >= 11 is 0. The highest BCUT2D eigenvalue weighted by Crippen LogP contribution is 2.46. The first-order chi connectivity index (χ1) is 37.7. The first-order valence-corrected chi connectivity index (χ1v) is 26.0. The lowest BCUT2D eigenvalue weighted by Gasteiger charge is -2.30. The van der Waals surface area contributed by atoms with Crippen molar-refractivity contribution in [3.63, 3.8) is 0 Å². The van der Waals surface area contributed by atoms with Crippen molar-refractivity contribution < 1.29 is 0 Å². The van der Waals surface area contributed by atoms with Crippen LogP contribution < -0.4 is 9.80 Å². The molecule has 0 unspecified atom stereocenters. The van der Waals surface area contributed by atoms with Gasteiger partial charge in [0.15, 0.2) is 0 Å². The van der Waals surface area contributed by atoms with Crippen LogP contribution in [-0.4, -0.2) is 9.13 Å². The molecule has 0 saturated heterocycles. The van der Waals surface area contributed by atoms with Crippen LogP contribution in [0.5, 0.6) is 0 Å². The Bertz CT molecular complexity index is 4020. The molecule has 0 amide bonds. The average Bonchev–Trinajstić information content (AvgIpc) is 4.04. The highest BCUT2D eigenvalue weighted by atomic mass is 15.2. The molecule has 12 aromatic carbocycles. The smallest absolute Gasteiger partial charge is 0.0541 e. The minimum absolute atomic E-state index is 1.04. The Morgan fingerprint density at radius 2 is 0.474 bits per heavy atom. The summed E-state index contributed by atoms with van der Waals surface area (Å²) in [6.07, 6.45) is 0. The van der Waals surface area contributed by atoms with E-state index in [1.807, 2.05) is 0 Å². The molecule has 76 heavy (non-hydrogen) atoms. The maximum absolute atomic E-state index is 2.40. The van der Waals surface area contributed by atoms with Gasteiger partial charge >= 0.3 is 0 Å². The molecule has 2 heterocycles. The zero-order valence-electron chi connectivity index (χ0n) is 41.7. The van der Waals surface area contributed by atoms with Gasteiger partial charge in [-0.25, -0.2) is 0 Å². The largest absolute Gasteiger partial charge is 0.310 e. The van der Waals surface area contributed by atoms with Gasteiger partial charge in [-0.15, -0.1) is 0 Å². The van der Waals surface area contributed by atoms with Crippen molar-refractivity contribution in [1.29, 1.82) is 0 Å². The van der Waals surface area contributed by atoms with Crippen LogP contribution in [0, 0.1) is 0 Å². The zero-order valence-corrected chi connectivity index (χ0v) is 41.7. The Morgan fingerprint density at radius 3 is 0.842 bits per heavy atom. The third-order valence-corrected chi connectivity index (χ3v) is 14.8. The predicted molar refractivity (Wildman–Crippen MR) is 321 cm³/mol. The van der Waals surface area contributed by atoms with Crippen LogP contribution in [0.4, 0.5) is 34.1 Å². The monoisotopic (exact) mass is 970 g/mol. The Labute approximate surface area is 442 Å². The fourth-order valence-corrected chi connectivity index (χ4v) is 11.4. The number of fused-ring (bicyclic) bond motifs is 6. The number of hydrogen-bond acceptors (Lipinski definition) is 2. The minimum Gasteiger partial charge on any atom is -0.310 e. The number of rotatable bonds is 11. The molecule has 4 heteroatoms. The first-order valence-electron chi connectivity index (χ1n) is 26.0. The van der Waals surface area contributed by atoms with E-state index in [9.17, 15) is 0 Å². The van der Waals surface area contributed by atoms with E-state index >= 15 is 0 Å².